The van der Waals surface area contributed by atoms with Crippen molar-refractivity contribution in [3.8, 4) is 0 Å². The summed E-state index contributed by atoms with van der Waals surface area (Å²) in [4.78, 5) is 8.12. The number of fused-ring (bicyclic) bond motifs is 1. The van der Waals surface area contributed by atoms with Crippen molar-refractivity contribution in [2.24, 2.45) is 11.8 Å². The number of aromatic amines is 1. The van der Waals surface area contributed by atoms with Crippen molar-refractivity contribution in [1.82, 2.24) is 15.3 Å². The molecule has 0 amide bonds. The van der Waals surface area contributed by atoms with E-state index in [1.807, 2.05) is 0 Å². The van der Waals surface area contributed by atoms with Gasteiger partial charge >= 0.3 is 0 Å². The van der Waals surface area contributed by atoms with Crippen LogP contribution >= 0.6 is 0 Å². The third-order valence-electron chi connectivity index (χ3n) is 3.88. The summed E-state index contributed by atoms with van der Waals surface area (Å²) in [5, 5.41) is 3.44. The minimum atomic E-state index is 0.643. The van der Waals surface area contributed by atoms with Crippen molar-refractivity contribution in [2.45, 2.75) is 33.1 Å². The van der Waals surface area contributed by atoms with Crippen molar-refractivity contribution in [2.75, 3.05) is 13.1 Å². The molecule has 1 unspecified atom stereocenters. The molecule has 0 bridgehead atoms. The molecule has 3 nitrogen and oxygen atoms in total. The second kappa shape index (κ2) is 5.33. The Balaban J connectivity index is 1.79. The summed E-state index contributed by atoms with van der Waals surface area (Å²) in [5.41, 5.74) is 3.73. The van der Waals surface area contributed by atoms with Gasteiger partial charge in [-0.15, -0.1) is 0 Å². The Morgan fingerprint density at radius 1 is 1.37 bits per heavy atom. The van der Waals surface area contributed by atoms with E-state index in [4.69, 9.17) is 0 Å². The zero-order valence-electron chi connectivity index (χ0n) is 11.9. The molecule has 0 saturated carbocycles. The highest BCUT2D eigenvalue weighted by atomic mass is 14.9. The fourth-order valence-electron chi connectivity index (χ4n) is 2.94. The van der Waals surface area contributed by atoms with Gasteiger partial charge in [0.25, 0.3) is 0 Å². The van der Waals surface area contributed by atoms with E-state index < -0.39 is 0 Å². The number of H-pyrrole nitrogens is 1. The van der Waals surface area contributed by atoms with Gasteiger partial charge in [-0.3, -0.25) is 0 Å². The van der Waals surface area contributed by atoms with Crippen LogP contribution in [0.5, 0.6) is 0 Å². The lowest BCUT2D eigenvalue weighted by molar-refractivity contribution is 0.580. The fraction of sp³-hybridized carbons (Fsp3) is 0.562. The standard InChI is InChI=1S/C16H23N3/c1-11(2)7-16-18-14-4-3-12(9-15(14)19-16)8-13-5-6-17-10-13/h3-4,9,11,13,17H,5-8,10H2,1-2H3,(H,18,19). The predicted molar refractivity (Wildman–Crippen MR) is 79.3 cm³/mol. The molecule has 2 heterocycles. The number of rotatable bonds is 4. The first-order valence-corrected chi connectivity index (χ1v) is 7.39. The summed E-state index contributed by atoms with van der Waals surface area (Å²) in [5.74, 6) is 2.56. The van der Waals surface area contributed by atoms with Gasteiger partial charge in [0.2, 0.25) is 0 Å². The number of hydrogen-bond acceptors (Lipinski definition) is 2. The molecule has 2 N–H and O–H groups in total. The van der Waals surface area contributed by atoms with Crippen molar-refractivity contribution in [3.63, 3.8) is 0 Å². The Bertz CT molecular complexity index is 550. The molecule has 2 aromatic rings. The highest BCUT2D eigenvalue weighted by Gasteiger charge is 2.15. The normalized spacial score (nSPS) is 19.6. The monoisotopic (exact) mass is 257 g/mol. The van der Waals surface area contributed by atoms with E-state index in [9.17, 15) is 0 Å². The first-order valence-electron chi connectivity index (χ1n) is 7.39. The van der Waals surface area contributed by atoms with E-state index in [1.165, 1.54) is 37.0 Å². The van der Waals surface area contributed by atoms with Crippen LogP contribution in [0.25, 0.3) is 11.0 Å². The molecule has 102 valence electrons. The molecule has 1 saturated heterocycles. The molecule has 1 aliphatic rings. The summed E-state index contributed by atoms with van der Waals surface area (Å²) in [7, 11) is 0. The van der Waals surface area contributed by atoms with E-state index >= 15 is 0 Å². The van der Waals surface area contributed by atoms with Crippen LogP contribution in [0, 0.1) is 11.8 Å². The lowest BCUT2D eigenvalue weighted by Gasteiger charge is -2.07. The highest BCUT2D eigenvalue weighted by molar-refractivity contribution is 5.75. The van der Waals surface area contributed by atoms with E-state index in [1.54, 1.807) is 0 Å². The minimum absolute atomic E-state index is 0.643. The van der Waals surface area contributed by atoms with Gasteiger partial charge in [0.15, 0.2) is 0 Å². The molecule has 1 aromatic carbocycles. The van der Waals surface area contributed by atoms with Crippen LogP contribution in [0.2, 0.25) is 0 Å². The Morgan fingerprint density at radius 2 is 2.26 bits per heavy atom. The molecule has 0 aliphatic carbocycles. The van der Waals surface area contributed by atoms with Gasteiger partial charge in [0.1, 0.15) is 5.82 Å². The third-order valence-corrected chi connectivity index (χ3v) is 3.88. The first kappa shape index (κ1) is 12.7. The van der Waals surface area contributed by atoms with Crippen molar-refractivity contribution in [3.05, 3.63) is 29.6 Å². The summed E-state index contributed by atoms with van der Waals surface area (Å²) in [6.07, 6.45) is 3.51. The number of nitrogens with one attached hydrogen (secondary N) is 2. The van der Waals surface area contributed by atoms with Crippen molar-refractivity contribution < 1.29 is 0 Å². The lowest BCUT2D eigenvalue weighted by atomic mass is 9.98. The van der Waals surface area contributed by atoms with E-state index in [0.29, 0.717) is 5.92 Å². The molecular formula is C16H23N3. The zero-order chi connectivity index (χ0) is 13.2. The first-order chi connectivity index (χ1) is 9.20. The molecule has 1 aromatic heterocycles. The largest absolute Gasteiger partial charge is 0.342 e. The molecule has 3 rings (SSSR count). The van der Waals surface area contributed by atoms with Gasteiger partial charge in [-0.2, -0.15) is 0 Å². The second-order valence-corrected chi connectivity index (χ2v) is 6.20. The van der Waals surface area contributed by atoms with E-state index in [2.05, 4.69) is 47.3 Å². The minimum Gasteiger partial charge on any atom is -0.342 e. The van der Waals surface area contributed by atoms with Crippen LogP contribution in [0.4, 0.5) is 0 Å². The maximum Gasteiger partial charge on any atom is 0.107 e. The maximum atomic E-state index is 4.66. The smallest absolute Gasteiger partial charge is 0.107 e. The topological polar surface area (TPSA) is 40.7 Å². The Labute approximate surface area is 114 Å². The maximum absolute atomic E-state index is 4.66. The van der Waals surface area contributed by atoms with Crippen molar-refractivity contribution >= 4 is 11.0 Å². The molecule has 1 aliphatic heterocycles. The number of benzene rings is 1. The average molecular weight is 257 g/mol. The van der Waals surface area contributed by atoms with E-state index in [-0.39, 0.29) is 0 Å². The fourth-order valence-corrected chi connectivity index (χ4v) is 2.94. The van der Waals surface area contributed by atoms with Crippen LogP contribution in [-0.2, 0) is 12.8 Å². The Kier molecular flexibility index (Phi) is 3.56. The van der Waals surface area contributed by atoms with Gasteiger partial charge in [0, 0.05) is 6.42 Å². The van der Waals surface area contributed by atoms with Gasteiger partial charge in [0.05, 0.1) is 11.0 Å². The summed E-state index contributed by atoms with van der Waals surface area (Å²) >= 11 is 0. The molecule has 1 fully saturated rings. The SMILES string of the molecule is CC(C)Cc1nc2ccc(CC3CCNC3)cc2[nH]1. The highest BCUT2D eigenvalue weighted by Crippen LogP contribution is 2.20. The average Bonchev–Trinajstić information content (AvgIpc) is 2.96. The second-order valence-electron chi connectivity index (χ2n) is 6.20. The molecule has 19 heavy (non-hydrogen) atoms. The van der Waals surface area contributed by atoms with Gasteiger partial charge < -0.3 is 10.3 Å². The summed E-state index contributed by atoms with van der Waals surface area (Å²) < 4.78 is 0. The molecule has 0 radical (unpaired) electrons. The Hall–Kier alpha value is -1.35. The van der Waals surface area contributed by atoms with Crippen LogP contribution in [-0.4, -0.2) is 23.1 Å². The van der Waals surface area contributed by atoms with Gasteiger partial charge in [-0.1, -0.05) is 19.9 Å². The molecular weight excluding hydrogens is 234 g/mol. The zero-order valence-corrected chi connectivity index (χ0v) is 11.9. The Morgan fingerprint density at radius 3 is 3.00 bits per heavy atom. The van der Waals surface area contributed by atoms with Crippen molar-refractivity contribution in [1.29, 1.82) is 0 Å². The third kappa shape index (κ3) is 2.98. The number of nitrogens with zero attached hydrogens (tertiary/aromatic N) is 1. The van der Waals surface area contributed by atoms with Crippen LogP contribution < -0.4 is 5.32 Å². The van der Waals surface area contributed by atoms with Crippen LogP contribution in [0.15, 0.2) is 18.2 Å². The van der Waals surface area contributed by atoms with Gasteiger partial charge in [-0.25, -0.2) is 4.98 Å². The number of hydrogen-bond donors (Lipinski definition) is 2. The summed E-state index contributed by atoms with van der Waals surface area (Å²) in [6.45, 7) is 6.80. The quantitative estimate of drug-likeness (QED) is 0.884. The van der Waals surface area contributed by atoms with Crippen LogP contribution in [0.1, 0.15) is 31.7 Å². The summed E-state index contributed by atoms with van der Waals surface area (Å²) in [6, 6.07) is 6.68. The molecule has 0 spiro atoms. The predicted octanol–water partition coefficient (Wildman–Crippen LogP) is 2.91. The number of imidazole rings is 1. The van der Waals surface area contributed by atoms with Crippen LogP contribution in [0.3, 0.4) is 0 Å². The lowest BCUT2D eigenvalue weighted by Crippen LogP contribution is -2.10. The van der Waals surface area contributed by atoms with E-state index in [0.717, 1.165) is 23.7 Å². The van der Waals surface area contributed by atoms with Gasteiger partial charge in [-0.05, 0) is 55.5 Å². The molecule has 3 heteroatoms. The number of aromatic nitrogens is 2. The molecule has 1 atom stereocenters.